The average molecular weight is 397 g/mol. The molecule has 17 heavy (non-hydrogen) atoms. The summed E-state index contributed by atoms with van der Waals surface area (Å²) in [7, 11) is 0. The average Bonchev–Trinajstić information content (AvgIpc) is 2.59. The third-order valence-electron chi connectivity index (χ3n) is 2.38. The van der Waals surface area contributed by atoms with Crippen molar-refractivity contribution in [2.45, 2.75) is 20.3 Å². The molecule has 0 aliphatic rings. The van der Waals surface area contributed by atoms with Gasteiger partial charge >= 0.3 is 0 Å². The van der Waals surface area contributed by atoms with Crippen LogP contribution in [0.1, 0.15) is 18.2 Å². The minimum absolute atomic E-state index is 0.552. The molecule has 0 atom stereocenters. The Hall–Kier alpha value is 0.0300. The minimum Gasteiger partial charge on any atom is -0.232 e. The van der Waals surface area contributed by atoms with Crippen molar-refractivity contribution in [2.24, 2.45) is 0 Å². The summed E-state index contributed by atoms with van der Waals surface area (Å²) >= 11 is 14.7. The molecule has 2 nitrogen and oxygen atoms in total. The smallest absolute Gasteiger partial charge is 0.171 e. The highest BCUT2D eigenvalue weighted by atomic mass is 79.9. The molecule has 0 amide bonds. The van der Waals surface area contributed by atoms with Gasteiger partial charge in [0.2, 0.25) is 0 Å². The summed E-state index contributed by atoms with van der Waals surface area (Å²) in [6.07, 6.45) is 0.850. The molecule has 0 spiro atoms. The lowest BCUT2D eigenvalue weighted by atomic mass is 10.2. The lowest BCUT2D eigenvalue weighted by molar-refractivity contribution is 1.00. The summed E-state index contributed by atoms with van der Waals surface area (Å²) < 4.78 is 2.04. The molecule has 0 aromatic carbocycles. The summed E-state index contributed by atoms with van der Waals surface area (Å²) in [6, 6.07) is 1.99. The van der Waals surface area contributed by atoms with Crippen molar-refractivity contribution in [2.75, 3.05) is 0 Å². The van der Waals surface area contributed by atoms with E-state index in [-0.39, 0.29) is 0 Å². The Bertz CT molecular complexity index is 526. The third kappa shape index (κ3) is 2.72. The maximum absolute atomic E-state index is 6.16. The van der Waals surface area contributed by atoms with E-state index in [1.807, 2.05) is 13.0 Å². The number of aromatic nitrogens is 2. The third-order valence-corrected chi connectivity index (χ3v) is 5.95. The van der Waals surface area contributed by atoms with Crippen LogP contribution in [0.15, 0.2) is 14.3 Å². The minimum atomic E-state index is 0.552. The number of halogens is 3. The second-order valence-electron chi connectivity index (χ2n) is 3.49. The molecule has 0 aliphatic heterocycles. The Morgan fingerprint density at radius 3 is 2.53 bits per heavy atom. The normalized spacial score (nSPS) is 10.9. The highest BCUT2D eigenvalue weighted by molar-refractivity contribution is 9.13. The Balaban J connectivity index is 2.54. The van der Waals surface area contributed by atoms with Gasteiger partial charge in [-0.2, -0.15) is 0 Å². The fraction of sp³-hybridized carbons (Fsp3) is 0.273. The van der Waals surface area contributed by atoms with Crippen LogP contribution >= 0.6 is 54.8 Å². The van der Waals surface area contributed by atoms with Gasteiger partial charge in [-0.15, -0.1) is 11.3 Å². The number of aryl methyl sites for hydroxylation is 1. The molecule has 2 aromatic heterocycles. The summed E-state index contributed by atoms with van der Waals surface area (Å²) in [6.45, 7) is 4.02. The summed E-state index contributed by atoms with van der Waals surface area (Å²) in [4.78, 5) is 9.85. The van der Waals surface area contributed by atoms with Gasteiger partial charge in [0, 0.05) is 15.7 Å². The van der Waals surface area contributed by atoms with Crippen molar-refractivity contribution < 1.29 is 0 Å². The van der Waals surface area contributed by atoms with Crippen molar-refractivity contribution in [3.8, 4) is 10.7 Å². The van der Waals surface area contributed by atoms with Gasteiger partial charge in [-0.3, -0.25) is 0 Å². The van der Waals surface area contributed by atoms with Gasteiger partial charge in [-0.1, -0.05) is 18.5 Å². The van der Waals surface area contributed by atoms with Crippen LogP contribution in [-0.2, 0) is 6.42 Å². The maximum Gasteiger partial charge on any atom is 0.171 e. The van der Waals surface area contributed by atoms with E-state index in [1.165, 1.54) is 0 Å². The molecule has 2 rings (SSSR count). The van der Waals surface area contributed by atoms with E-state index in [0.717, 1.165) is 30.8 Å². The first kappa shape index (κ1) is 13.5. The lowest BCUT2D eigenvalue weighted by Crippen LogP contribution is -1.98. The van der Waals surface area contributed by atoms with Crippen molar-refractivity contribution in [1.82, 2.24) is 9.97 Å². The Labute approximate surface area is 126 Å². The van der Waals surface area contributed by atoms with Crippen LogP contribution in [0.4, 0.5) is 0 Å². The number of hydrogen-bond acceptors (Lipinski definition) is 3. The van der Waals surface area contributed by atoms with Crippen LogP contribution in [0.2, 0.25) is 5.15 Å². The zero-order chi connectivity index (χ0) is 12.6. The van der Waals surface area contributed by atoms with E-state index in [0.29, 0.717) is 11.0 Å². The van der Waals surface area contributed by atoms with Gasteiger partial charge in [0.1, 0.15) is 5.15 Å². The molecule has 0 saturated carbocycles. The van der Waals surface area contributed by atoms with Crippen LogP contribution in [-0.4, -0.2) is 9.97 Å². The predicted molar refractivity (Wildman–Crippen MR) is 79.9 cm³/mol. The molecule has 2 heterocycles. The fourth-order valence-electron chi connectivity index (χ4n) is 1.53. The monoisotopic (exact) mass is 394 g/mol. The van der Waals surface area contributed by atoms with Gasteiger partial charge in [-0.25, -0.2) is 9.97 Å². The highest BCUT2D eigenvalue weighted by Crippen LogP contribution is 2.37. The second kappa shape index (κ2) is 5.34. The molecule has 0 fully saturated rings. The van der Waals surface area contributed by atoms with Crippen molar-refractivity contribution in [1.29, 1.82) is 0 Å². The van der Waals surface area contributed by atoms with E-state index < -0.39 is 0 Å². The Morgan fingerprint density at radius 2 is 2.06 bits per heavy atom. The first-order valence-electron chi connectivity index (χ1n) is 5.01. The van der Waals surface area contributed by atoms with Gasteiger partial charge in [0.15, 0.2) is 5.82 Å². The van der Waals surface area contributed by atoms with Crippen LogP contribution in [0, 0.1) is 6.92 Å². The van der Waals surface area contributed by atoms with Crippen LogP contribution < -0.4 is 0 Å². The Kier molecular flexibility index (Phi) is 4.23. The topological polar surface area (TPSA) is 25.8 Å². The number of thiophene rings is 1. The van der Waals surface area contributed by atoms with Gasteiger partial charge in [0.05, 0.1) is 8.66 Å². The SMILES string of the molecule is CCc1c(C)nc(-c2cc(Br)c(Br)s2)nc1Cl. The first-order valence-corrected chi connectivity index (χ1v) is 7.79. The molecular weight excluding hydrogens is 387 g/mol. The van der Waals surface area contributed by atoms with E-state index in [4.69, 9.17) is 11.6 Å². The van der Waals surface area contributed by atoms with Gasteiger partial charge in [-0.05, 0) is 51.3 Å². The van der Waals surface area contributed by atoms with Gasteiger partial charge in [0.25, 0.3) is 0 Å². The van der Waals surface area contributed by atoms with E-state index in [9.17, 15) is 0 Å². The standard InChI is InChI=1S/C11H9Br2ClN2S/c1-3-6-5(2)15-11(16-10(6)14)8-4-7(12)9(13)17-8/h4H,3H2,1-2H3. The molecule has 0 saturated heterocycles. The molecule has 0 unspecified atom stereocenters. The highest BCUT2D eigenvalue weighted by Gasteiger charge is 2.13. The molecule has 6 heteroatoms. The van der Waals surface area contributed by atoms with Crippen molar-refractivity contribution in [3.05, 3.63) is 30.7 Å². The van der Waals surface area contributed by atoms with Crippen LogP contribution in [0.3, 0.4) is 0 Å². The fourth-order valence-corrected chi connectivity index (χ4v) is 3.85. The molecule has 90 valence electrons. The summed E-state index contributed by atoms with van der Waals surface area (Å²) in [5, 5.41) is 0.552. The number of nitrogens with zero attached hydrogens (tertiary/aromatic N) is 2. The van der Waals surface area contributed by atoms with Crippen molar-refractivity contribution in [3.63, 3.8) is 0 Å². The Morgan fingerprint density at radius 1 is 1.35 bits per heavy atom. The first-order chi connectivity index (χ1) is 8.02. The summed E-state index contributed by atoms with van der Waals surface area (Å²) in [5.41, 5.74) is 1.97. The van der Waals surface area contributed by atoms with E-state index >= 15 is 0 Å². The number of hydrogen-bond donors (Lipinski definition) is 0. The largest absolute Gasteiger partial charge is 0.232 e. The van der Waals surface area contributed by atoms with Gasteiger partial charge < -0.3 is 0 Å². The maximum atomic E-state index is 6.16. The quantitative estimate of drug-likeness (QED) is 0.648. The molecular formula is C11H9Br2ClN2S. The van der Waals surface area contributed by atoms with Crippen molar-refractivity contribution >= 4 is 54.8 Å². The molecule has 0 aliphatic carbocycles. The second-order valence-corrected chi connectivity index (χ2v) is 7.07. The zero-order valence-electron chi connectivity index (χ0n) is 9.22. The molecule has 0 N–H and O–H groups in total. The number of rotatable bonds is 2. The molecule has 0 radical (unpaired) electrons. The molecule has 2 aromatic rings. The van der Waals surface area contributed by atoms with Crippen LogP contribution in [0.5, 0.6) is 0 Å². The zero-order valence-corrected chi connectivity index (χ0v) is 14.0. The van der Waals surface area contributed by atoms with Crippen LogP contribution in [0.25, 0.3) is 10.7 Å². The van der Waals surface area contributed by atoms with E-state index in [2.05, 4.69) is 48.8 Å². The molecule has 0 bridgehead atoms. The van der Waals surface area contributed by atoms with E-state index in [1.54, 1.807) is 11.3 Å². The summed E-state index contributed by atoms with van der Waals surface area (Å²) in [5.74, 6) is 0.682. The predicted octanol–water partition coefficient (Wildman–Crippen LogP) is 5.25. The lowest BCUT2D eigenvalue weighted by Gasteiger charge is -2.06.